The minimum Gasteiger partial charge on any atom is -0.324 e. The summed E-state index contributed by atoms with van der Waals surface area (Å²) in [5.74, 6) is 6.12. The second kappa shape index (κ2) is 21.8. The molecule has 8 nitrogen and oxygen atoms in total. The summed E-state index contributed by atoms with van der Waals surface area (Å²) >= 11 is 0. The maximum atomic E-state index is 12.3. The summed E-state index contributed by atoms with van der Waals surface area (Å²) < 4.78 is 1.89. The number of carbonyl (C=O) groups is 2. The molecule has 2 aliphatic heterocycles. The molecule has 1 aromatic heterocycles. The van der Waals surface area contributed by atoms with Crippen LogP contribution in [-0.2, 0) is 22.4 Å². The highest BCUT2D eigenvalue weighted by Gasteiger charge is 2.45. The van der Waals surface area contributed by atoms with E-state index in [1.165, 1.54) is 7.06 Å². The third-order valence-electron chi connectivity index (χ3n) is 10.4. The Morgan fingerprint density at radius 2 is 1.09 bits per heavy atom. The van der Waals surface area contributed by atoms with Crippen LogP contribution in [0.4, 0.5) is 17.1 Å². The number of aromatic nitrogens is 2. The molecular formula is C28H36B21N6O2. The number of rotatable bonds is 14. The molecule has 3 heterocycles. The SMILES string of the molecule is CC(C)N1C(=O)Cc2c(NN)cccc21.CC(C)c1ccn(-c2cccc3c2CC(=O)N3C(C)C)n1.[B][B]B(B([B])[B])B(B(B([B])[B])B([B])[B])B(B([B])[B])B([B])[B]. The molecule has 3 N–H and O–H groups in total. The first-order chi connectivity index (χ1) is 26.7. The summed E-state index contributed by atoms with van der Waals surface area (Å²) in [6.07, 6.45) is -3.90. The predicted molar refractivity (Wildman–Crippen MR) is 265 cm³/mol. The van der Waals surface area contributed by atoms with E-state index in [0.717, 1.165) is 39.6 Å². The zero-order valence-corrected chi connectivity index (χ0v) is 34.1. The molecule has 3 aromatic rings. The predicted octanol–water partition coefficient (Wildman–Crippen LogP) is -3.43. The van der Waals surface area contributed by atoms with Gasteiger partial charge in [-0.05, 0) is 63.9 Å². The van der Waals surface area contributed by atoms with Gasteiger partial charge < -0.3 is 15.2 Å². The number of benzene rings is 2. The van der Waals surface area contributed by atoms with Crippen LogP contribution in [0.3, 0.4) is 0 Å². The lowest BCUT2D eigenvalue weighted by molar-refractivity contribution is -0.118. The molecule has 29 heteroatoms. The first-order valence-electron chi connectivity index (χ1n) is 19.2. The number of nitrogens with zero attached hydrogens (tertiary/aromatic N) is 4. The van der Waals surface area contributed by atoms with E-state index in [9.17, 15) is 9.59 Å². The molecule has 2 aliphatic rings. The number of carbonyl (C=O) groups excluding carboxylic acids is 2. The number of anilines is 3. The number of hydrogen-bond acceptors (Lipinski definition) is 5. The zero-order chi connectivity index (χ0) is 43.0. The third kappa shape index (κ3) is 11.7. The van der Waals surface area contributed by atoms with E-state index in [1.807, 2.05) is 90.8 Å². The van der Waals surface area contributed by atoms with Gasteiger partial charge in [-0.3, -0.25) is 15.4 Å². The second-order valence-electron chi connectivity index (χ2n) is 15.5. The molecule has 0 fully saturated rings. The Kier molecular flexibility index (Phi) is 18.8. The van der Waals surface area contributed by atoms with E-state index >= 15 is 0 Å². The summed E-state index contributed by atoms with van der Waals surface area (Å²) in [7, 11) is 64.8. The molecule has 0 saturated heterocycles. The van der Waals surface area contributed by atoms with Crippen molar-refractivity contribution in [2.24, 2.45) is 5.84 Å². The molecule has 0 atom stereocenters. The number of hydrogen-bond donors (Lipinski definition) is 2. The Labute approximate surface area is 360 Å². The Hall–Kier alpha value is -2.29. The summed E-state index contributed by atoms with van der Waals surface area (Å²) in [6.45, 7) is 12.4. The van der Waals surface area contributed by atoms with Gasteiger partial charge in [-0.15, -0.1) is 0 Å². The molecule has 0 spiro atoms. The van der Waals surface area contributed by atoms with Gasteiger partial charge in [0.2, 0.25) is 11.8 Å². The molecule has 0 saturated carbocycles. The maximum absolute atomic E-state index is 12.3. The largest absolute Gasteiger partial charge is 0.324 e. The number of nitrogen functional groups attached to an aromatic ring is 1. The molecular weight excluding hydrogens is 679 g/mol. The molecule has 5 rings (SSSR count). The van der Waals surface area contributed by atoms with Crippen molar-refractivity contribution in [3.05, 3.63) is 65.5 Å². The first-order valence-corrected chi connectivity index (χ1v) is 19.2. The maximum Gasteiger partial charge on any atom is 0.231 e. The quantitative estimate of drug-likeness (QED) is 0.103. The van der Waals surface area contributed by atoms with Crippen molar-refractivity contribution in [3.8, 4) is 5.69 Å². The van der Waals surface area contributed by atoms with Gasteiger partial charge in [-0.25, -0.2) is 4.68 Å². The summed E-state index contributed by atoms with van der Waals surface area (Å²) in [5, 5.41) is 4.64. The monoisotopic (exact) mass is 719 g/mol. The topological polar surface area (TPSA) is 96.5 Å². The third-order valence-corrected chi connectivity index (χ3v) is 10.4. The van der Waals surface area contributed by atoms with Crippen molar-refractivity contribution in [3.63, 3.8) is 0 Å². The van der Waals surface area contributed by atoms with Crippen molar-refractivity contribution in [1.82, 2.24) is 9.78 Å². The van der Waals surface area contributed by atoms with E-state index in [2.05, 4.69) is 24.4 Å². The van der Waals surface area contributed by atoms with E-state index in [-0.39, 0.29) is 23.9 Å². The van der Waals surface area contributed by atoms with Crippen LogP contribution in [0.2, 0.25) is 0 Å². The van der Waals surface area contributed by atoms with Crippen LogP contribution in [0.5, 0.6) is 0 Å². The lowest BCUT2D eigenvalue weighted by Crippen LogP contribution is -2.81. The van der Waals surface area contributed by atoms with Gasteiger partial charge >= 0.3 is 0 Å². The Morgan fingerprint density at radius 1 is 0.649 bits per heavy atom. The molecule has 57 heavy (non-hydrogen) atoms. The summed E-state index contributed by atoms with van der Waals surface area (Å²) in [6, 6.07) is 14.2. The fourth-order valence-corrected chi connectivity index (χ4v) is 7.78. The normalized spacial score (nSPS) is 12.5. The molecule has 23 radical (unpaired) electrons. The van der Waals surface area contributed by atoms with Crippen LogP contribution in [0.1, 0.15) is 64.3 Å². The first kappa shape index (κ1) is 49.1. The van der Waals surface area contributed by atoms with Crippen LogP contribution < -0.4 is 21.1 Å². The summed E-state index contributed by atoms with van der Waals surface area (Å²) in [5.41, 5.74) is 9.62. The van der Waals surface area contributed by atoms with Crippen LogP contribution in [-0.4, -0.2) is 183 Å². The van der Waals surface area contributed by atoms with Gasteiger partial charge in [0.15, 0.2) is 0 Å². The van der Waals surface area contributed by atoms with Gasteiger partial charge in [0.25, 0.3) is 0 Å². The standard InChI is InChI=1S/C17H21N3O.C11H15N3O.B21/c1-11(2)14-8-9-19(18-14)15-6-5-7-16-13(15)10-17(21)20(16)12(3)4;1-7(2)14-10-5-3-4-9(13-12)8(10)6-11(14)15;1-12-18(13(2)3)21(19(14(4)5)15(6)7)20(16(8)9)17(10)11/h5-9,11-12H,10H2,1-4H3;3-5,7,13H,6,12H2,1-2H3;. The minimum atomic E-state index is -0.879. The van der Waals surface area contributed by atoms with Crippen molar-refractivity contribution in [2.75, 3.05) is 15.2 Å². The average Bonchev–Trinajstić information content (AvgIpc) is 3.82. The van der Waals surface area contributed by atoms with Gasteiger partial charge in [0, 0.05) is 190 Å². The summed E-state index contributed by atoms with van der Waals surface area (Å²) in [4.78, 5) is 27.8. The number of fused-ring (bicyclic) bond motifs is 2. The number of amides is 2. The average molecular weight is 716 g/mol. The molecule has 253 valence electrons. The molecule has 0 unspecified atom stereocenters. The number of nitrogens with one attached hydrogen (secondary N) is 1. The van der Waals surface area contributed by atoms with Gasteiger partial charge in [-0.1, -0.05) is 26.0 Å². The highest BCUT2D eigenvalue weighted by Crippen LogP contribution is 2.36. The van der Waals surface area contributed by atoms with Crippen LogP contribution in [0, 0.1) is 0 Å². The highest BCUT2D eigenvalue weighted by molar-refractivity contribution is 8.20. The Balaban J connectivity index is 0.000000232. The van der Waals surface area contributed by atoms with Crippen LogP contribution in [0.25, 0.3) is 5.69 Å². The van der Waals surface area contributed by atoms with E-state index in [1.54, 1.807) is 0 Å². The molecule has 0 bridgehead atoms. The highest BCUT2D eigenvalue weighted by atomic mass is 16.2. The fourth-order valence-electron chi connectivity index (χ4n) is 7.78. The number of nitrogens with two attached hydrogens (primary N) is 1. The van der Waals surface area contributed by atoms with Crippen molar-refractivity contribution >= 4 is 179 Å². The lowest BCUT2D eigenvalue weighted by atomic mass is 8.38. The minimum absolute atomic E-state index is 0.141. The molecule has 0 aliphatic carbocycles. The van der Waals surface area contributed by atoms with Crippen LogP contribution >= 0.6 is 0 Å². The van der Waals surface area contributed by atoms with Gasteiger partial charge in [0.05, 0.1) is 29.9 Å². The zero-order valence-electron chi connectivity index (χ0n) is 34.1. The van der Waals surface area contributed by atoms with Crippen LogP contribution in [0.15, 0.2) is 48.7 Å². The van der Waals surface area contributed by atoms with Crippen molar-refractivity contribution in [2.45, 2.75) is 72.4 Å². The van der Waals surface area contributed by atoms with Gasteiger partial charge in [0.1, 0.15) is 0 Å². The second-order valence-corrected chi connectivity index (χ2v) is 15.5. The lowest BCUT2D eigenvalue weighted by Gasteiger charge is -2.43. The fraction of sp³-hybridized carbons (Fsp3) is 0.393. The molecule has 2 aromatic carbocycles. The van der Waals surface area contributed by atoms with E-state index in [0.29, 0.717) is 18.8 Å². The smallest absolute Gasteiger partial charge is 0.231 e. The van der Waals surface area contributed by atoms with Crippen molar-refractivity contribution in [1.29, 1.82) is 0 Å². The van der Waals surface area contributed by atoms with Gasteiger partial charge in [-0.2, -0.15) is 5.10 Å². The van der Waals surface area contributed by atoms with Crippen molar-refractivity contribution < 1.29 is 9.59 Å². The van der Waals surface area contributed by atoms with E-state index in [4.69, 9.17) is 91.0 Å². The molecule has 2 amide bonds. The Bertz CT molecular complexity index is 1750. The Morgan fingerprint density at radius 3 is 1.47 bits per heavy atom. The van der Waals surface area contributed by atoms with E-state index < -0.39 is 57.5 Å². The number of hydrazine groups is 1.